The number of oxime groups is 1. The van der Waals surface area contributed by atoms with Gasteiger partial charge in [-0.2, -0.15) is 95.9 Å². The largest absolute Gasteiger partial charge is 0.460 e. The van der Waals surface area contributed by atoms with Crippen LogP contribution < -0.4 is 0 Å². The van der Waals surface area contributed by atoms with E-state index >= 15 is 0 Å². The molecule has 0 fully saturated rings. The predicted octanol–water partition coefficient (Wildman–Crippen LogP) is 7.06. The van der Waals surface area contributed by atoms with Crippen LogP contribution in [-0.4, -0.2) is 98.7 Å². The average molecular weight is 909 g/mol. The van der Waals surface area contributed by atoms with Gasteiger partial charge in [-0.25, -0.2) is 0 Å². The van der Waals surface area contributed by atoms with Gasteiger partial charge in [0.1, 0.15) is 28.7 Å². The van der Waals surface area contributed by atoms with Crippen LogP contribution in [0.1, 0.15) is 11.1 Å². The number of nitro groups is 2. The van der Waals surface area contributed by atoms with Crippen LogP contribution in [0, 0.1) is 20.2 Å². The maximum absolute atomic E-state index is 14.0. The SMILES string of the molecule is O=[N+]([O-])c1cc(S(=O)(=O)OCC(F)(F)C(F)(F)C(F)(F)C(F)(F)F)cc2c1-c1c(cc(S(=O)(=O)OCC(F)(F)C(F)(F)C(F)(F)C(F)(F)F)cc1[N+](=O)[O-])C2=NO. The van der Waals surface area contributed by atoms with Crippen molar-refractivity contribution >= 4 is 37.3 Å². The van der Waals surface area contributed by atoms with E-state index in [0.29, 0.717) is 0 Å². The first kappa shape index (κ1) is 46.7. The van der Waals surface area contributed by atoms with Gasteiger partial charge in [0.15, 0.2) is 0 Å². The van der Waals surface area contributed by atoms with Gasteiger partial charge in [0.05, 0.1) is 21.0 Å². The molecule has 1 aliphatic carbocycles. The number of halogens is 18. The highest BCUT2D eigenvalue weighted by Gasteiger charge is 2.83. The van der Waals surface area contributed by atoms with Crippen molar-refractivity contribution < 1.29 is 119 Å². The third kappa shape index (κ3) is 7.45. The van der Waals surface area contributed by atoms with E-state index in [9.17, 15) is 121 Å². The summed E-state index contributed by atoms with van der Waals surface area (Å²) in [6, 6.07) is -0.916. The van der Waals surface area contributed by atoms with Crippen LogP contribution in [0.3, 0.4) is 0 Å². The van der Waals surface area contributed by atoms with E-state index in [1.54, 1.807) is 0 Å². The van der Waals surface area contributed by atoms with Gasteiger partial charge < -0.3 is 5.21 Å². The fraction of sp³-hybridized carbons (Fsp3) is 0.435. The first-order valence-electron chi connectivity index (χ1n) is 13.3. The fourth-order valence-electron chi connectivity index (χ4n) is 4.37. The molecule has 1 N–H and O–H groups in total. The molecule has 1 aliphatic rings. The predicted molar refractivity (Wildman–Crippen MR) is 141 cm³/mol. The minimum Gasteiger partial charge on any atom is -0.410 e. The van der Waals surface area contributed by atoms with Gasteiger partial charge in [0.25, 0.3) is 31.6 Å². The van der Waals surface area contributed by atoms with Crippen molar-refractivity contribution in [3.8, 4) is 11.1 Å². The van der Waals surface area contributed by atoms with E-state index in [-0.39, 0.29) is 24.3 Å². The highest BCUT2D eigenvalue weighted by Crippen LogP contribution is 2.55. The molecule has 0 aliphatic heterocycles. The van der Waals surface area contributed by atoms with Crippen LogP contribution in [0.5, 0.6) is 0 Å². The topological polar surface area (TPSA) is 206 Å². The second-order valence-corrected chi connectivity index (χ2v) is 14.1. The summed E-state index contributed by atoms with van der Waals surface area (Å²) in [6.45, 7) is -7.13. The molecule has 0 spiro atoms. The van der Waals surface area contributed by atoms with E-state index in [4.69, 9.17) is 0 Å². The van der Waals surface area contributed by atoms with Gasteiger partial charge in [0.2, 0.25) is 0 Å². The Morgan fingerprint density at radius 2 is 0.825 bits per heavy atom. The zero-order valence-corrected chi connectivity index (χ0v) is 27.3. The van der Waals surface area contributed by atoms with Crippen LogP contribution in [-0.2, 0) is 28.6 Å². The lowest BCUT2D eigenvalue weighted by atomic mass is 10.0. The summed E-state index contributed by atoms with van der Waals surface area (Å²) in [5, 5.41) is 35.8. The lowest BCUT2D eigenvalue weighted by Crippen LogP contribution is -2.62. The third-order valence-electron chi connectivity index (χ3n) is 7.22. The molecular weight excluding hydrogens is 900 g/mol. The van der Waals surface area contributed by atoms with Crippen LogP contribution in [0.15, 0.2) is 39.2 Å². The first-order valence-corrected chi connectivity index (χ1v) is 16.1. The molecule has 0 amide bonds. The smallest absolute Gasteiger partial charge is 0.410 e. The van der Waals surface area contributed by atoms with Crippen molar-refractivity contribution in [3.63, 3.8) is 0 Å². The zero-order chi connectivity index (χ0) is 44.7. The maximum Gasteiger partial charge on any atom is 0.460 e. The van der Waals surface area contributed by atoms with Crippen LogP contribution >= 0.6 is 0 Å². The molecule has 34 heteroatoms. The Kier molecular flexibility index (Phi) is 11.2. The van der Waals surface area contributed by atoms with Gasteiger partial charge in [-0.3, -0.25) is 28.6 Å². The van der Waals surface area contributed by atoms with Crippen LogP contribution in [0.2, 0.25) is 0 Å². The van der Waals surface area contributed by atoms with Gasteiger partial charge in [-0.05, 0) is 12.1 Å². The number of nitro benzene ring substituents is 2. The van der Waals surface area contributed by atoms with Crippen molar-refractivity contribution in [1.82, 2.24) is 0 Å². The summed E-state index contributed by atoms with van der Waals surface area (Å²) >= 11 is 0. The molecule has 14 nitrogen and oxygen atoms in total. The molecule has 0 unspecified atom stereocenters. The molecule has 0 saturated heterocycles. The average Bonchev–Trinajstić information content (AvgIpc) is 3.37. The molecule has 320 valence electrons. The fourth-order valence-corrected chi connectivity index (χ4v) is 6.28. The second kappa shape index (κ2) is 13.7. The van der Waals surface area contributed by atoms with E-state index in [1.807, 2.05) is 0 Å². The number of benzene rings is 2. The minimum absolute atomic E-state index is 0.134. The second-order valence-electron chi connectivity index (χ2n) is 10.8. The van der Waals surface area contributed by atoms with Crippen molar-refractivity contribution in [3.05, 3.63) is 55.6 Å². The number of alkyl halides is 18. The van der Waals surface area contributed by atoms with Crippen molar-refractivity contribution in [2.24, 2.45) is 5.16 Å². The number of fused-ring (bicyclic) bond motifs is 3. The van der Waals surface area contributed by atoms with Crippen molar-refractivity contribution in [2.45, 2.75) is 57.7 Å². The maximum atomic E-state index is 14.0. The molecule has 0 saturated carbocycles. The lowest BCUT2D eigenvalue weighted by molar-refractivity contribution is -0.398. The van der Waals surface area contributed by atoms with E-state index in [2.05, 4.69) is 13.5 Å². The Bertz CT molecular complexity index is 2110. The number of rotatable bonds is 14. The molecule has 0 atom stereocenters. The number of hydrogen-bond acceptors (Lipinski definition) is 12. The van der Waals surface area contributed by atoms with Crippen molar-refractivity contribution in [1.29, 1.82) is 0 Å². The van der Waals surface area contributed by atoms with Gasteiger partial charge in [-0.15, -0.1) is 0 Å². The van der Waals surface area contributed by atoms with Crippen molar-refractivity contribution in [2.75, 3.05) is 13.2 Å². The molecule has 0 heterocycles. The van der Waals surface area contributed by atoms with E-state index < -0.39 is 140 Å². The van der Waals surface area contributed by atoms with Gasteiger partial charge in [0, 0.05) is 23.3 Å². The minimum atomic E-state index is -7.55. The molecule has 57 heavy (non-hydrogen) atoms. The van der Waals surface area contributed by atoms with E-state index in [0.717, 1.165) is 0 Å². The Labute approximate surface area is 299 Å². The summed E-state index contributed by atoms with van der Waals surface area (Å²) in [5.41, 5.74) is -10.5. The standard InChI is InChI=1S/C23H9F18N3O11S2/c24-16(25,18(28,29)20(32,33)22(36,37)38)5-54-56(50,51)7-1-9-13(11(3-7)43(46)47)14-10(15(9)42-45)2-8(4-12(14)44(48)49)57(52,53)55-6-17(26,27)19(30,31)21(34,35)23(39,40)41/h1-4,45H,5-6H2. The third-order valence-corrected chi connectivity index (χ3v) is 9.71. The highest BCUT2D eigenvalue weighted by molar-refractivity contribution is 7.87. The first-order chi connectivity index (χ1) is 25.2. The lowest BCUT2D eigenvalue weighted by Gasteiger charge is -2.33. The quantitative estimate of drug-likeness (QED) is 0.0570. The molecule has 2 aromatic rings. The van der Waals surface area contributed by atoms with E-state index in [1.165, 1.54) is 0 Å². The summed E-state index contributed by atoms with van der Waals surface area (Å²) < 4.78 is 295. The summed E-state index contributed by atoms with van der Waals surface area (Å²) in [5.74, 6) is -43.5. The molecule has 0 bridgehead atoms. The molecule has 0 radical (unpaired) electrons. The summed E-state index contributed by atoms with van der Waals surface area (Å²) in [7, 11) is -12.7. The Morgan fingerprint density at radius 1 is 0.544 bits per heavy atom. The summed E-state index contributed by atoms with van der Waals surface area (Å²) in [6.07, 6.45) is -14.8. The van der Waals surface area contributed by atoms with Crippen LogP contribution in [0.25, 0.3) is 11.1 Å². The molecule has 0 aromatic heterocycles. The zero-order valence-electron chi connectivity index (χ0n) is 25.7. The highest BCUT2D eigenvalue weighted by atomic mass is 32.2. The summed E-state index contributed by atoms with van der Waals surface area (Å²) in [4.78, 5) is 16.5. The number of hydrogen-bond donors (Lipinski definition) is 1. The molecular formula is C23H9F18N3O11S2. The Morgan fingerprint density at radius 3 is 1.05 bits per heavy atom. The number of nitrogens with zero attached hydrogens (tertiary/aromatic N) is 3. The Hall–Kier alpha value is -4.73. The molecule has 3 rings (SSSR count). The Balaban J connectivity index is 2.18. The van der Waals surface area contributed by atoms with Crippen LogP contribution in [0.4, 0.5) is 90.4 Å². The van der Waals surface area contributed by atoms with Gasteiger partial charge in [-0.1, -0.05) is 5.16 Å². The molecule has 2 aromatic carbocycles. The normalized spacial score (nSPS) is 15.0. The monoisotopic (exact) mass is 909 g/mol. The van der Waals surface area contributed by atoms with Gasteiger partial charge >= 0.3 is 47.9 Å².